The van der Waals surface area contributed by atoms with Gasteiger partial charge in [0.05, 0.1) is 10.9 Å². The second-order valence-corrected chi connectivity index (χ2v) is 6.69. The van der Waals surface area contributed by atoms with Crippen molar-refractivity contribution in [2.24, 2.45) is 0 Å². The predicted octanol–water partition coefficient (Wildman–Crippen LogP) is 3.87. The molecule has 0 bridgehead atoms. The van der Waals surface area contributed by atoms with Crippen LogP contribution in [0.5, 0.6) is 0 Å². The first kappa shape index (κ1) is 16.2. The van der Waals surface area contributed by atoms with E-state index in [1.165, 1.54) is 6.26 Å². The number of hydrogen-bond donors (Lipinski definition) is 1. The highest BCUT2D eigenvalue weighted by molar-refractivity contribution is 7.18. The summed E-state index contributed by atoms with van der Waals surface area (Å²) in [6.45, 7) is 1.91. The molecule has 0 atom stereocenters. The zero-order valence-corrected chi connectivity index (χ0v) is 14.5. The minimum atomic E-state index is -0.283. The molecule has 2 aromatic heterocycles. The number of nitrogens with zero attached hydrogens (tertiary/aromatic N) is 2. The lowest BCUT2D eigenvalue weighted by atomic mass is 10.1. The second-order valence-electron chi connectivity index (χ2n) is 5.71. The lowest BCUT2D eigenvalue weighted by molar-refractivity contribution is 0.102. The van der Waals surface area contributed by atoms with E-state index in [0.29, 0.717) is 32.2 Å². The van der Waals surface area contributed by atoms with Crippen LogP contribution in [0.25, 0.3) is 21.5 Å². The number of benzene rings is 2. The van der Waals surface area contributed by atoms with Crippen LogP contribution >= 0.6 is 11.3 Å². The third-order valence-corrected chi connectivity index (χ3v) is 4.71. The summed E-state index contributed by atoms with van der Waals surface area (Å²) in [5.41, 5.74) is 2.15. The van der Waals surface area contributed by atoms with Gasteiger partial charge in [0, 0.05) is 5.56 Å². The van der Waals surface area contributed by atoms with Crippen molar-refractivity contribution in [3.8, 4) is 10.6 Å². The van der Waals surface area contributed by atoms with Gasteiger partial charge in [-0.1, -0.05) is 41.2 Å². The average Bonchev–Trinajstić information content (AvgIpc) is 3.11. The molecular formula is C19H13N3O3S. The Labute approximate surface area is 152 Å². The number of carbonyl (C=O) groups is 1. The predicted molar refractivity (Wildman–Crippen MR) is 101 cm³/mol. The normalized spacial score (nSPS) is 10.8. The molecule has 7 heteroatoms. The van der Waals surface area contributed by atoms with E-state index < -0.39 is 0 Å². The second kappa shape index (κ2) is 6.53. The highest BCUT2D eigenvalue weighted by Crippen LogP contribution is 2.26. The van der Waals surface area contributed by atoms with Crippen LogP contribution in [0.4, 0.5) is 5.13 Å². The minimum Gasteiger partial charge on any atom is -0.463 e. The monoisotopic (exact) mass is 363 g/mol. The number of hydrogen-bond acceptors (Lipinski definition) is 6. The summed E-state index contributed by atoms with van der Waals surface area (Å²) in [6, 6.07) is 14.2. The molecule has 0 saturated heterocycles. The molecule has 6 nitrogen and oxygen atoms in total. The van der Waals surface area contributed by atoms with E-state index in [2.05, 4.69) is 15.5 Å². The van der Waals surface area contributed by atoms with Crippen molar-refractivity contribution in [1.82, 2.24) is 10.2 Å². The summed E-state index contributed by atoms with van der Waals surface area (Å²) in [7, 11) is 0. The van der Waals surface area contributed by atoms with E-state index in [-0.39, 0.29) is 11.3 Å². The fourth-order valence-corrected chi connectivity index (χ4v) is 3.27. The van der Waals surface area contributed by atoms with Crippen molar-refractivity contribution in [2.45, 2.75) is 6.92 Å². The number of aryl methyl sites for hydroxylation is 1. The topological polar surface area (TPSA) is 85.1 Å². The van der Waals surface area contributed by atoms with Crippen LogP contribution < -0.4 is 10.7 Å². The van der Waals surface area contributed by atoms with Crippen LogP contribution in [0.2, 0.25) is 0 Å². The molecule has 0 unspecified atom stereocenters. The number of nitrogens with one attached hydrogen (secondary N) is 1. The van der Waals surface area contributed by atoms with Gasteiger partial charge in [-0.05, 0) is 31.2 Å². The summed E-state index contributed by atoms with van der Waals surface area (Å²) in [5.74, 6) is -0.283. The van der Waals surface area contributed by atoms with Gasteiger partial charge in [-0.25, -0.2) is 0 Å². The molecule has 2 heterocycles. The molecular weight excluding hydrogens is 350 g/mol. The van der Waals surface area contributed by atoms with Gasteiger partial charge in [0.15, 0.2) is 5.01 Å². The highest BCUT2D eigenvalue weighted by Gasteiger charge is 2.15. The van der Waals surface area contributed by atoms with Crippen molar-refractivity contribution >= 4 is 33.3 Å². The van der Waals surface area contributed by atoms with E-state index in [1.54, 1.807) is 36.4 Å². The van der Waals surface area contributed by atoms with Crippen LogP contribution in [0.15, 0.2) is 64.0 Å². The molecule has 1 amide bonds. The first-order chi connectivity index (χ1) is 12.6. The Hall–Kier alpha value is -3.32. The largest absolute Gasteiger partial charge is 0.463 e. The van der Waals surface area contributed by atoms with Crippen molar-refractivity contribution in [1.29, 1.82) is 0 Å². The molecule has 0 fully saturated rings. The fraction of sp³-hybridized carbons (Fsp3) is 0.0526. The SMILES string of the molecule is Cc1ccc2occ(-c3nnc(NC(=O)c4ccccc4)s3)c(=O)c2c1. The Balaban J connectivity index is 1.66. The van der Waals surface area contributed by atoms with E-state index in [0.717, 1.165) is 16.9 Å². The summed E-state index contributed by atoms with van der Waals surface area (Å²) >= 11 is 1.12. The Morgan fingerprint density at radius 1 is 1.12 bits per heavy atom. The molecule has 0 radical (unpaired) electrons. The molecule has 1 N–H and O–H groups in total. The van der Waals surface area contributed by atoms with Gasteiger partial charge in [-0.3, -0.25) is 14.9 Å². The number of carbonyl (C=O) groups excluding carboxylic acids is 1. The van der Waals surface area contributed by atoms with Crippen molar-refractivity contribution in [3.63, 3.8) is 0 Å². The Bertz CT molecular complexity index is 1170. The van der Waals surface area contributed by atoms with Crippen LogP contribution in [0.1, 0.15) is 15.9 Å². The van der Waals surface area contributed by atoms with Gasteiger partial charge >= 0.3 is 0 Å². The fourth-order valence-electron chi connectivity index (χ4n) is 2.53. The molecule has 26 heavy (non-hydrogen) atoms. The number of anilines is 1. The molecule has 128 valence electrons. The van der Waals surface area contributed by atoms with E-state index >= 15 is 0 Å². The van der Waals surface area contributed by atoms with E-state index in [1.807, 2.05) is 19.1 Å². The smallest absolute Gasteiger partial charge is 0.257 e. The third-order valence-electron chi connectivity index (χ3n) is 3.84. The van der Waals surface area contributed by atoms with Gasteiger partial charge in [0.2, 0.25) is 10.6 Å². The summed E-state index contributed by atoms with van der Waals surface area (Å²) in [4.78, 5) is 24.9. The standard InChI is InChI=1S/C19H13N3O3S/c1-11-7-8-15-13(9-11)16(23)14(10-25-15)18-21-22-19(26-18)20-17(24)12-5-3-2-4-6-12/h2-10H,1H3,(H,20,22,24). The van der Waals surface area contributed by atoms with Crippen molar-refractivity contribution in [3.05, 3.63) is 76.1 Å². The lowest BCUT2D eigenvalue weighted by Crippen LogP contribution is -2.11. The molecule has 0 saturated carbocycles. The summed E-state index contributed by atoms with van der Waals surface area (Å²) in [5, 5.41) is 11.9. The molecule has 2 aromatic carbocycles. The zero-order valence-electron chi connectivity index (χ0n) is 13.7. The number of aromatic nitrogens is 2. The molecule has 4 rings (SSSR count). The van der Waals surface area contributed by atoms with Crippen LogP contribution in [-0.2, 0) is 0 Å². The van der Waals surface area contributed by atoms with Gasteiger partial charge in [0.1, 0.15) is 11.8 Å². The molecule has 0 aliphatic carbocycles. The van der Waals surface area contributed by atoms with Gasteiger partial charge in [-0.2, -0.15) is 0 Å². The van der Waals surface area contributed by atoms with Crippen molar-refractivity contribution < 1.29 is 9.21 Å². The van der Waals surface area contributed by atoms with Crippen LogP contribution in [0, 0.1) is 6.92 Å². The Morgan fingerprint density at radius 2 is 1.92 bits per heavy atom. The lowest BCUT2D eigenvalue weighted by Gasteiger charge is -2.01. The highest BCUT2D eigenvalue weighted by atomic mass is 32.1. The van der Waals surface area contributed by atoms with E-state index in [4.69, 9.17) is 4.42 Å². The number of amides is 1. The average molecular weight is 363 g/mol. The van der Waals surface area contributed by atoms with Gasteiger partial charge < -0.3 is 4.42 Å². The van der Waals surface area contributed by atoms with Crippen molar-refractivity contribution in [2.75, 3.05) is 5.32 Å². The number of rotatable bonds is 3. The molecule has 0 spiro atoms. The quantitative estimate of drug-likeness (QED) is 0.597. The van der Waals surface area contributed by atoms with Crippen LogP contribution in [-0.4, -0.2) is 16.1 Å². The summed E-state index contributed by atoms with van der Waals surface area (Å²) in [6.07, 6.45) is 1.38. The van der Waals surface area contributed by atoms with Gasteiger partial charge in [0.25, 0.3) is 5.91 Å². The molecule has 4 aromatic rings. The summed E-state index contributed by atoms with van der Waals surface area (Å²) < 4.78 is 5.54. The Kier molecular flexibility index (Phi) is 4.06. The molecule has 0 aliphatic heterocycles. The Morgan fingerprint density at radius 3 is 2.73 bits per heavy atom. The minimum absolute atomic E-state index is 0.174. The first-order valence-electron chi connectivity index (χ1n) is 7.84. The van der Waals surface area contributed by atoms with Crippen LogP contribution in [0.3, 0.4) is 0 Å². The number of fused-ring (bicyclic) bond motifs is 1. The first-order valence-corrected chi connectivity index (χ1v) is 8.66. The van der Waals surface area contributed by atoms with E-state index in [9.17, 15) is 9.59 Å². The third kappa shape index (κ3) is 3.00. The molecule has 0 aliphatic rings. The maximum atomic E-state index is 12.7. The maximum Gasteiger partial charge on any atom is 0.257 e. The van der Waals surface area contributed by atoms with Gasteiger partial charge in [-0.15, -0.1) is 10.2 Å². The maximum absolute atomic E-state index is 12.7. The zero-order chi connectivity index (χ0) is 18.1.